The Morgan fingerprint density at radius 3 is 2.63 bits per heavy atom. The maximum absolute atomic E-state index is 13.4. The molecule has 0 atom stereocenters. The van der Waals surface area contributed by atoms with E-state index in [0.29, 0.717) is 17.4 Å². The molecule has 0 radical (unpaired) electrons. The van der Waals surface area contributed by atoms with Gasteiger partial charge in [0.1, 0.15) is 5.15 Å². The Morgan fingerprint density at radius 2 is 1.85 bits per heavy atom. The van der Waals surface area contributed by atoms with E-state index in [4.69, 9.17) is 11.6 Å². The van der Waals surface area contributed by atoms with Crippen LogP contribution in [-0.4, -0.2) is 21.4 Å². The molecule has 1 aliphatic heterocycles. The molecule has 1 aliphatic rings. The Bertz CT molecular complexity index is 966. The Balaban J connectivity index is 1.51. The number of aromatic nitrogens is 2. The molecule has 27 heavy (non-hydrogen) atoms. The lowest BCUT2D eigenvalue weighted by Gasteiger charge is -2.28. The number of nitrogens with one attached hydrogen (secondary N) is 1. The van der Waals surface area contributed by atoms with Crippen LogP contribution >= 0.6 is 11.6 Å². The van der Waals surface area contributed by atoms with Crippen LogP contribution in [0.1, 0.15) is 16.8 Å². The Morgan fingerprint density at radius 1 is 1.04 bits per heavy atom. The van der Waals surface area contributed by atoms with Gasteiger partial charge < -0.3 is 5.32 Å². The van der Waals surface area contributed by atoms with Gasteiger partial charge in [-0.1, -0.05) is 41.9 Å². The minimum Gasteiger partial charge on any atom is -0.324 e. The number of hydrogen-bond acceptors (Lipinski definition) is 4. The minimum absolute atomic E-state index is 0.279. The third-order valence-corrected chi connectivity index (χ3v) is 4.83. The van der Waals surface area contributed by atoms with E-state index in [1.165, 1.54) is 11.6 Å². The molecule has 2 heterocycles. The number of benzene rings is 2. The van der Waals surface area contributed by atoms with Crippen LogP contribution in [0, 0.1) is 11.6 Å². The van der Waals surface area contributed by atoms with Crippen LogP contribution in [0.2, 0.25) is 5.15 Å². The molecule has 0 saturated carbocycles. The molecule has 3 aromatic rings. The van der Waals surface area contributed by atoms with Gasteiger partial charge in [-0.15, -0.1) is 0 Å². The highest BCUT2D eigenvalue weighted by molar-refractivity contribution is 6.30. The summed E-state index contributed by atoms with van der Waals surface area (Å²) < 4.78 is 26.4. The second-order valence-corrected chi connectivity index (χ2v) is 6.82. The van der Waals surface area contributed by atoms with Crippen molar-refractivity contribution in [1.82, 2.24) is 14.9 Å². The first-order valence-electron chi connectivity index (χ1n) is 8.62. The van der Waals surface area contributed by atoms with E-state index >= 15 is 0 Å². The van der Waals surface area contributed by atoms with E-state index in [2.05, 4.69) is 32.3 Å². The normalized spacial score (nSPS) is 14.0. The first-order valence-corrected chi connectivity index (χ1v) is 9.00. The standard InChI is InChI=1S/C20H17ClF2N4/c21-19-15-12-27(11-13-4-2-1-3-5-13)9-8-18(15)25-20(26-19)24-14-6-7-16(22)17(23)10-14/h1-7,10H,8-9,11-12H2,(H,24,25,26). The van der Waals surface area contributed by atoms with E-state index in [-0.39, 0.29) is 5.95 Å². The summed E-state index contributed by atoms with van der Waals surface area (Å²) in [6.07, 6.45) is 0.747. The van der Waals surface area contributed by atoms with Crippen molar-refractivity contribution in [2.45, 2.75) is 19.5 Å². The SMILES string of the molecule is Fc1ccc(Nc2nc(Cl)c3c(n2)CCN(Cc2ccccc2)C3)cc1F. The van der Waals surface area contributed by atoms with Gasteiger partial charge in [-0.25, -0.2) is 18.7 Å². The monoisotopic (exact) mass is 386 g/mol. The lowest BCUT2D eigenvalue weighted by atomic mass is 10.1. The van der Waals surface area contributed by atoms with Crippen molar-refractivity contribution in [1.29, 1.82) is 0 Å². The summed E-state index contributed by atoms with van der Waals surface area (Å²) in [7, 11) is 0. The first kappa shape index (κ1) is 17.8. The van der Waals surface area contributed by atoms with Crippen LogP contribution in [0.25, 0.3) is 0 Å². The van der Waals surface area contributed by atoms with E-state index in [0.717, 1.165) is 42.9 Å². The molecular formula is C20H17ClF2N4. The van der Waals surface area contributed by atoms with E-state index in [1.807, 2.05) is 18.2 Å². The molecule has 2 aromatic carbocycles. The number of fused-ring (bicyclic) bond motifs is 1. The average molecular weight is 387 g/mol. The van der Waals surface area contributed by atoms with Gasteiger partial charge in [0, 0.05) is 43.4 Å². The quantitative estimate of drug-likeness (QED) is 0.659. The highest BCUT2D eigenvalue weighted by Gasteiger charge is 2.22. The van der Waals surface area contributed by atoms with E-state index in [1.54, 1.807) is 0 Å². The molecule has 0 unspecified atom stereocenters. The van der Waals surface area contributed by atoms with Crippen molar-refractivity contribution in [3.05, 3.63) is 82.1 Å². The van der Waals surface area contributed by atoms with Crippen molar-refractivity contribution in [3.8, 4) is 0 Å². The third-order valence-electron chi connectivity index (χ3n) is 4.51. The van der Waals surface area contributed by atoms with Gasteiger partial charge in [-0.3, -0.25) is 4.90 Å². The molecule has 4 nitrogen and oxygen atoms in total. The van der Waals surface area contributed by atoms with Gasteiger partial charge in [0.15, 0.2) is 11.6 Å². The van der Waals surface area contributed by atoms with Crippen molar-refractivity contribution in [3.63, 3.8) is 0 Å². The summed E-state index contributed by atoms with van der Waals surface area (Å²) in [6.45, 7) is 2.37. The molecule has 1 aromatic heterocycles. The van der Waals surface area contributed by atoms with Gasteiger partial charge in [0.2, 0.25) is 5.95 Å². The largest absolute Gasteiger partial charge is 0.324 e. The van der Waals surface area contributed by atoms with Crippen molar-refractivity contribution in [2.24, 2.45) is 0 Å². The fraction of sp³-hybridized carbons (Fsp3) is 0.200. The molecule has 0 fully saturated rings. The molecule has 0 amide bonds. The fourth-order valence-corrected chi connectivity index (χ4v) is 3.41. The second-order valence-electron chi connectivity index (χ2n) is 6.46. The second kappa shape index (κ2) is 7.58. The summed E-state index contributed by atoms with van der Waals surface area (Å²) in [4.78, 5) is 11.1. The van der Waals surface area contributed by atoms with Crippen LogP contribution in [0.15, 0.2) is 48.5 Å². The molecule has 4 rings (SSSR count). The predicted octanol–water partition coefficient (Wildman–Crippen LogP) is 4.71. The predicted molar refractivity (Wildman–Crippen MR) is 101 cm³/mol. The topological polar surface area (TPSA) is 41.1 Å². The van der Waals surface area contributed by atoms with Gasteiger partial charge in [-0.2, -0.15) is 0 Å². The van der Waals surface area contributed by atoms with Crippen molar-refractivity contribution in [2.75, 3.05) is 11.9 Å². The van der Waals surface area contributed by atoms with Crippen LogP contribution < -0.4 is 5.32 Å². The zero-order chi connectivity index (χ0) is 18.8. The molecule has 1 N–H and O–H groups in total. The summed E-state index contributed by atoms with van der Waals surface area (Å²) in [5, 5.41) is 3.26. The molecule has 0 saturated heterocycles. The number of nitrogens with zero attached hydrogens (tertiary/aromatic N) is 3. The summed E-state index contributed by atoms with van der Waals surface area (Å²) in [6, 6.07) is 13.8. The Labute approximate surface area is 160 Å². The van der Waals surface area contributed by atoms with Gasteiger partial charge in [-0.05, 0) is 17.7 Å². The smallest absolute Gasteiger partial charge is 0.228 e. The molecule has 0 bridgehead atoms. The van der Waals surface area contributed by atoms with Gasteiger partial charge in [0.25, 0.3) is 0 Å². The molecule has 7 heteroatoms. The Hall–Kier alpha value is -2.57. The average Bonchev–Trinajstić information content (AvgIpc) is 2.66. The fourth-order valence-electron chi connectivity index (χ4n) is 3.17. The van der Waals surface area contributed by atoms with Crippen molar-refractivity contribution >= 4 is 23.2 Å². The lowest BCUT2D eigenvalue weighted by molar-refractivity contribution is 0.243. The first-order chi connectivity index (χ1) is 13.1. The maximum atomic E-state index is 13.4. The van der Waals surface area contributed by atoms with Crippen molar-refractivity contribution < 1.29 is 8.78 Å². The van der Waals surface area contributed by atoms with Crippen LogP contribution in [-0.2, 0) is 19.5 Å². The van der Waals surface area contributed by atoms with Crippen LogP contribution in [0.5, 0.6) is 0 Å². The lowest BCUT2D eigenvalue weighted by Crippen LogP contribution is -2.31. The molecule has 0 aliphatic carbocycles. The van der Waals surface area contributed by atoms with Gasteiger partial charge in [0.05, 0.1) is 5.69 Å². The number of halogens is 3. The minimum atomic E-state index is -0.930. The van der Waals surface area contributed by atoms with Crippen LogP contribution in [0.3, 0.4) is 0 Å². The number of rotatable bonds is 4. The summed E-state index contributed by atoms with van der Waals surface area (Å²) >= 11 is 6.39. The van der Waals surface area contributed by atoms with E-state index in [9.17, 15) is 8.78 Å². The van der Waals surface area contributed by atoms with E-state index < -0.39 is 11.6 Å². The molecular weight excluding hydrogens is 370 g/mol. The zero-order valence-electron chi connectivity index (χ0n) is 14.4. The highest BCUT2D eigenvalue weighted by atomic mass is 35.5. The zero-order valence-corrected chi connectivity index (χ0v) is 15.2. The molecule has 138 valence electrons. The maximum Gasteiger partial charge on any atom is 0.228 e. The Kier molecular flexibility index (Phi) is 5.01. The third kappa shape index (κ3) is 4.07. The highest BCUT2D eigenvalue weighted by Crippen LogP contribution is 2.27. The summed E-state index contributed by atoms with van der Waals surface area (Å²) in [5.74, 6) is -1.55. The van der Waals surface area contributed by atoms with Gasteiger partial charge >= 0.3 is 0 Å². The van der Waals surface area contributed by atoms with Crippen LogP contribution in [0.4, 0.5) is 20.4 Å². The number of anilines is 2. The molecule has 0 spiro atoms. The summed E-state index contributed by atoms with van der Waals surface area (Å²) in [5.41, 5.74) is 3.40. The number of hydrogen-bond donors (Lipinski definition) is 1.